The number of anilines is 1. The Morgan fingerprint density at radius 3 is 2.89 bits per heavy atom. The largest absolute Gasteiger partial charge is 0.397 e. The van der Waals surface area contributed by atoms with Crippen molar-refractivity contribution < 1.29 is 4.79 Å². The summed E-state index contributed by atoms with van der Waals surface area (Å²) in [5, 5.41) is 3.03. The number of hydrogen-bond acceptors (Lipinski definition) is 3. The van der Waals surface area contributed by atoms with E-state index in [1.807, 2.05) is 22.5 Å². The molecule has 1 saturated carbocycles. The summed E-state index contributed by atoms with van der Waals surface area (Å²) < 4.78 is 2.23. The molecule has 2 rings (SSSR count). The maximum absolute atomic E-state index is 12.1. The van der Waals surface area contributed by atoms with Crippen LogP contribution in [0.2, 0.25) is 0 Å². The second-order valence-corrected chi connectivity index (χ2v) is 6.20. The highest BCUT2D eigenvalue weighted by molar-refractivity contribution is 8.00. The minimum Gasteiger partial charge on any atom is -0.397 e. The molecule has 0 bridgehead atoms. The number of hydrogen-bond donors (Lipinski definition) is 2. The number of aryl methyl sites for hydroxylation is 1. The Bertz CT molecular complexity index is 437. The number of nitrogens with two attached hydrogens (primary N) is 1. The fourth-order valence-corrected chi connectivity index (χ4v) is 2.80. The summed E-state index contributed by atoms with van der Waals surface area (Å²) >= 11 is 1.85. The third-order valence-electron chi connectivity index (χ3n) is 3.43. The molecule has 100 valence electrons. The zero-order chi connectivity index (χ0) is 13.2. The van der Waals surface area contributed by atoms with Crippen LogP contribution in [0.3, 0.4) is 0 Å². The molecule has 1 aliphatic rings. The first-order valence-corrected chi connectivity index (χ1v) is 7.62. The van der Waals surface area contributed by atoms with E-state index in [0.717, 1.165) is 19.5 Å². The van der Waals surface area contributed by atoms with Crippen molar-refractivity contribution in [2.75, 3.05) is 18.5 Å². The number of nitrogen functional groups attached to an aromatic ring is 1. The Kier molecular flexibility index (Phi) is 3.90. The summed E-state index contributed by atoms with van der Waals surface area (Å²) in [6.07, 6.45) is 7.33. The van der Waals surface area contributed by atoms with Crippen LogP contribution in [0.1, 0.15) is 36.7 Å². The van der Waals surface area contributed by atoms with Crippen molar-refractivity contribution in [3.63, 3.8) is 0 Å². The van der Waals surface area contributed by atoms with Crippen molar-refractivity contribution in [2.24, 2.45) is 0 Å². The van der Waals surface area contributed by atoms with Crippen molar-refractivity contribution in [3.8, 4) is 0 Å². The van der Waals surface area contributed by atoms with Crippen molar-refractivity contribution in [3.05, 3.63) is 18.0 Å². The lowest BCUT2D eigenvalue weighted by molar-refractivity contribution is 0.0943. The maximum atomic E-state index is 12.1. The van der Waals surface area contributed by atoms with Gasteiger partial charge in [-0.3, -0.25) is 4.79 Å². The number of nitrogens with zero attached hydrogens (tertiary/aromatic N) is 1. The summed E-state index contributed by atoms with van der Waals surface area (Å²) in [4.78, 5) is 12.1. The van der Waals surface area contributed by atoms with Crippen molar-refractivity contribution >= 4 is 23.4 Å². The molecule has 1 aliphatic carbocycles. The zero-order valence-corrected chi connectivity index (χ0v) is 11.8. The van der Waals surface area contributed by atoms with Crippen LogP contribution in [-0.4, -0.2) is 28.0 Å². The van der Waals surface area contributed by atoms with Gasteiger partial charge in [-0.15, -0.1) is 0 Å². The first-order valence-electron chi connectivity index (χ1n) is 6.39. The molecule has 1 heterocycles. The summed E-state index contributed by atoms with van der Waals surface area (Å²) in [6, 6.07) is 1.75. The van der Waals surface area contributed by atoms with Gasteiger partial charge in [-0.1, -0.05) is 6.92 Å². The van der Waals surface area contributed by atoms with Crippen molar-refractivity contribution in [2.45, 2.75) is 37.5 Å². The highest BCUT2D eigenvalue weighted by Gasteiger charge is 2.42. The average Bonchev–Trinajstić information content (AvgIpc) is 3.05. The predicted octanol–water partition coefficient (Wildman–Crippen LogP) is 2.11. The minimum atomic E-state index is -0.0134. The van der Waals surface area contributed by atoms with Gasteiger partial charge in [0.25, 0.3) is 5.91 Å². The van der Waals surface area contributed by atoms with E-state index < -0.39 is 0 Å². The highest BCUT2D eigenvalue weighted by Crippen LogP contribution is 2.46. The normalized spacial score (nSPS) is 16.6. The zero-order valence-electron chi connectivity index (χ0n) is 11.0. The van der Waals surface area contributed by atoms with Gasteiger partial charge < -0.3 is 15.6 Å². The third kappa shape index (κ3) is 2.83. The van der Waals surface area contributed by atoms with Crippen LogP contribution in [0.5, 0.6) is 0 Å². The third-order valence-corrected chi connectivity index (χ3v) is 4.85. The first-order chi connectivity index (χ1) is 8.60. The molecule has 0 unspecified atom stereocenters. The quantitative estimate of drug-likeness (QED) is 0.830. The second-order valence-electron chi connectivity index (χ2n) is 4.92. The van der Waals surface area contributed by atoms with Crippen LogP contribution in [-0.2, 0) is 6.54 Å². The number of rotatable bonds is 6. The molecule has 1 fully saturated rings. The molecule has 0 radical (unpaired) electrons. The van der Waals surface area contributed by atoms with Gasteiger partial charge in [-0.25, -0.2) is 0 Å². The molecule has 0 atom stereocenters. The van der Waals surface area contributed by atoms with E-state index in [4.69, 9.17) is 5.73 Å². The van der Waals surface area contributed by atoms with Crippen LogP contribution < -0.4 is 11.1 Å². The van der Waals surface area contributed by atoms with Crippen LogP contribution in [0.25, 0.3) is 0 Å². The van der Waals surface area contributed by atoms with E-state index >= 15 is 0 Å². The summed E-state index contributed by atoms with van der Waals surface area (Å²) in [5.41, 5.74) is 7.09. The van der Waals surface area contributed by atoms with Crippen LogP contribution in [0, 0.1) is 0 Å². The number of nitrogens with one attached hydrogen (secondary N) is 1. The van der Waals surface area contributed by atoms with Crippen LogP contribution in [0.15, 0.2) is 12.3 Å². The second kappa shape index (κ2) is 5.26. The summed E-state index contributed by atoms with van der Waals surface area (Å²) in [7, 11) is 0. The van der Waals surface area contributed by atoms with E-state index in [-0.39, 0.29) is 5.91 Å². The molecular weight excluding hydrogens is 246 g/mol. The summed E-state index contributed by atoms with van der Waals surface area (Å²) in [6.45, 7) is 3.67. The molecule has 3 N–H and O–H groups in total. The van der Waals surface area contributed by atoms with Gasteiger partial charge in [0.15, 0.2) is 0 Å². The minimum absolute atomic E-state index is 0.0134. The topological polar surface area (TPSA) is 60.0 Å². The van der Waals surface area contributed by atoms with Gasteiger partial charge in [0.2, 0.25) is 0 Å². The van der Waals surface area contributed by atoms with Crippen LogP contribution in [0.4, 0.5) is 5.69 Å². The van der Waals surface area contributed by atoms with Gasteiger partial charge in [-0.05, 0) is 31.6 Å². The first kappa shape index (κ1) is 13.3. The van der Waals surface area contributed by atoms with Crippen molar-refractivity contribution in [1.82, 2.24) is 9.88 Å². The number of carbonyl (C=O) groups excluding carboxylic acids is 1. The fraction of sp³-hybridized carbons (Fsp3) is 0.615. The van der Waals surface area contributed by atoms with Gasteiger partial charge in [0.1, 0.15) is 5.69 Å². The van der Waals surface area contributed by atoms with E-state index in [9.17, 15) is 4.79 Å². The van der Waals surface area contributed by atoms with E-state index in [0.29, 0.717) is 16.1 Å². The highest BCUT2D eigenvalue weighted by atomic mass is 32.2. The van der Waals surface area contributed by atoms with Crippen LogP contribution >= 0.6 is 11.8 Å². The SMILES string of the molecule is CCCn1cc(N)cc1C(=O)NCC1(SC)CC1. The monoisotopic (exact) mass is 267 g/mol. The molecule has 0 aromatic carbocycles. The maximum Gasteiger partial charge on any atom is 0.268 e. The molecule has 1 amide bonds. The molecular formula is C13H21N3OS. The van der Waals surface area contributed by atoms with Gasteiger partial charge in [0.05, 0.1) is 5.69 Å². The number of thioether (sulfide) groups is 1. The molecule has 1 aromatic heterocycles. The molecule has 5 heteroatoms. The molecule has 0 spiro atoms. The lowest BCUT2D eigenvalue weighted by atomic mass is 10.3. The summed E-state index contributed by atoms with van der Waals surface area (Å²) in [5.74, 6) is -0.0134. The molecule has 0 aliphatic heterocycles. The van der Waals surface area contributed by atoms with Gasteiger partial charge >= 0.3 is 0 Å². The smallest absolute Gasteiger partial charge is 0.268 e. The Balaban J connectivity index is 1.99. The van der Waals surface area contributed by atoms with E-state index in [1.165, 1.54) is 12.8 Å². The van der Waals surface area contributed by atoms with E-state index in [1.54, 1.807) is 6.07 Å². The Labute approximate surface area is 112 Å². The Morgan fingerprint density at radius 1 is 1.61 bits per heavy atom. The molecule has 4 nitrogen and oxygen atoms in total. The number of amides is 1. The van der Waals surface area contributed by atoms with Crippen molar-refractivity contribution in [1.29, 1.82) is 0 Å². The Morgan fingerprint density at radius 2 is 2.33 bits per heavy atom. The standard InChI is InChI=1S/C13H21N3OS/c1-3-6-16-8-10(14)7-11(16)12(17)15-9-13(18-2)4-5-13/h7-8H,3-6,9,14H2,1-2H3,(H,15,17). The number of carbonyl (C=O) groups is 1. The molecule has 18 heavy (non-hydrogen) atoms. The number of aromatic nitrogens is 1. The lowest BCUT2D eigenvalue weighted by Gasteiger charge is -2.14. The predicted molar refractivity (Wildman–Crippen MR) is 76.9 cm³/mol. The van der Waals surface area contributed by atoms with Gasteiger partial charge in [0, 0.05) is 24.0 Å². The lowest BCUT2D eigenvalue weighted by Crippen LogP contribution is -2.32. The Hall–Kier alpha value is -1.10. The average molecular weight is 267 g/mol. The molecule has 1 aromatic rings. The van der Waals surface area contributed by atoms with Gasteiger partial charge in [-0.2, -0.15) is 11.8 Å². The fourth-order valence-electron chi connectivity index (χ4n) is 2.07. The van der Waals surface area contributed by atoms with E-state index in [2.05, 4.69) is 18.5 Å². The molecule has 0 saturated heterocycles.